The van der Waals surface area contributed by atoms with E-state index in [1.165, 1.54) is 0 Å². The highest BCUT2D eigenvalue weighted by molar-refractivity contribution is 6.20. The first kappa shape index (κ1) is 12.5. The predicted octanol–water partition coefficient (Wildman–Crippen LogP) is 1.23. The summed E-state index contributed by atoms with van der Waals surface area (Å²) in [7, 11) is 0. The van der Waals surface area contributed by atoms with Crippen molar-refractivity contribution in [3.05, 3.63) is 11.3 Å². The molecule has 0 aromatic rings. The van der Waals surface area contributed by atoms with Gasteiger partial charge in [-0.25, -0.2) is 0 Å². The summed E-state index contributed by atoms with van der Waals surface area (Å²) in [6.07, 6.45) is -5.96. The Balaban J connectivity index is 2.73. The van der Waals surface area contributed by atoms with Gasteiger partial charge in [0, 0.05) is 6.42 Å². The Bertz CT molecular complexity index is 360. The monoisotopic (exact) mass is 237 g/mol. The molecule has 0 aliphatic carbocycles. The van der Waals surface area contributed by atoms with Crippen molar-refractivity contribution in [1.29, 1.82) is 0 Å². The van der Waals surface area contributed by atoms with E-state index in [-0.39, 0.29) is 0 Å². The van der Waals surface area contributed by atoms with E-state index in [0.29, 0.717) is 0 Å². The predicted molar refractivity (Wildman–Crippen MR) is 47.6 cm³/mol. The maximum atomic E-state index is 11.9. The Labute approximate surface area is 89.1 Å². The molecule has 4 nitrogen and oxygen atoms in total. The quantitative estimate of drug-likeness (QED) is 0.725. The Morgan fingerprint density at radius 1 is 1.50 bits per heavy atom. The lowest BCUT2D eigenvalue weighted by molar-refractivity contribution is -0.137. The summed E-state index contributed by atoms with van der Waals surface area (Å²) in [4.78, 5) is 22.0. The van der Waals surface area contributed by atoms with Crippen molar-refractivity contribution >= 4 is 11.7 Å². The summed E-state index contributed by atoms with van der Waals surface area (Å²) < 4.78 is 35.7. The fourth-order valence-electron chi connectivity index (χ4n) is 1.45. The number of aliphatic hydroxyl groups is 1. The summed E-state index contributed by atoms with van der Waals surface area (Å²) in [5.74, 6) is -2.08. The van der Waals surface area contributed by atoms with Gasteiger partial charge in [-0.2, -0.15) is 13.2 Å². The lowest BCUT2D eigenvalue weighted by atomic mass is 10.1. The highest BCUT2D eigenvalue weighted by Gasteiger charge is 2.37. The van der Waals surface area contributed by atoms with Crippen LogP contribution in [0.2, 0.25) is 0 Å². The van der Waals surface area contributed by atoms with Crippen LogP contribution in [0.25, 0.3) is 0 Å². The van der Waals surface area contributed by atoms with Crippen molar-refractivity contribution in [3.8, 4) is 0 Å². The molecule has 0 bridgehead atoms. The zero-order chi connectivity index (χ0) is 12.5. The topological polar surface area (TPSA) is 66.4 Å². The molecule has 0 saturated heterocycles. The molecule has 0 radical (unpaired) electrons. The average molecular weight is 237 g/mol. The van der Waals surface area contributed by atoms with Gasteiger partial charge in [-0.1, -0.05) is 0 Å². The van der Waals surface area contributed by atoms with Crippen LogP contribution in [-0.2, 0) is 9.59 Å². The number of ketones is 1. The number of Topliss-reactive ketones (excluding diaryl/α,β-unsaturated/α-hetero) is 1. The first-order valence-corrected chi connectivity index (χ1v) is 4.54. The number of aliphatic hydroxyl groups excluding tert-OH is 1. The maximum Gasteiger partial charge on any atom is 0.389 e. The van der Waals surface area contributed by atoms with Gasteiger partial charge in [-0.3, -0.25) is 9.59 Å². The molecule has 1 atom stereocenters. The van der Waals surface area contributed by atoms with Crippen molar-refractivity contribution in [2.75, 3.05) is 0 Å². The molecule has 1 aliphatic rings. The lowest BCUT2D eigenvalue weighted by Gasteiger charge is -2.12. The summed E-state index contributed by atoms with van der Waals surface area (Å²) in [6.45, 7) is 1.07. The average Bonchev–Trinajstić information content (AvgIpc) is 2.36. The fourth-order valence-corrected chi connectivity index (χ4v) is 1.45. The van der Waals surface area contributed by atoms with Gasteiger partial charge in [-0.05, 0) is 13.3 Å². The standard InChI is InChI=1S/C9H10F3NO3/c1-4(14)6-7(15)5(13-8(6)16)2-3-9(10,11)12/h5,15H,2-3H2,1H3,(H,13,16). The van der Waals surface area contributed by atoms with Crippen LogP contribution >= 0.6 is 0 Å². The zero-order valence-electron chi connectivity index (χ0n) is 8.39. The second-order valence-electron chi connectivity index (χ2n) is 3.50. The number of rotatable bonds is 3. The van der Waals surface area contributed by atoms with Crippen LogP contribution in [0.15, 0.2) is 11.3 Å². The number of hydrogen-bond acceptors (Lipinski definition) is 3. The minimum Gasteiger partial charge on any atom is -0.509 e. The van der Waals surface area contributed by atoms with Crippen LogP contribution in [-0.4, -0.2) is 29.0 Å². The first-order valence-electron chi connectivity index (χ1n) is 4.54. The summed E-state index contributed by atoms with van der Waals surface area (Å²) in [6, 6.07) is -1.12. The van der Waals surface area contributed by atoms with E-state index in [1.807, 2.05) is 0 Å². The summed E-state index contributed by atoms with van der Waals surface area (Å²) in [5, 5.41) is 11.5. The van der Waals surface area contributed by atoms with Crippen LogP contribution in [0.1, 0.15) is 19.8 Å². The van der Waals surface area contributed by atoms with Gasteiger partial charge < -0.3 is 10.4 Å². The normalized spacial score (nSPS) is 21.2. The largest absolute Gasteiger partial charge is 0.509 e. The van der Waals surface area contributed by atoms with Gasteiger partial charge >= 0.3 is 6.18 Å². The second kappa shape index (κ2) is 4.15. The van der Waals surface area contributed by atoms with Crippen LogP contribution in [0.3, 0.4) is 0 Å². The van der Waals surface area contributed by atoms with Crippen LogP contribution in [0.4, 0.5) is 13.2 Å². The van der Waals surface area contributed by atoms with E-state index >= 15 is 0 Å². The highest BCUT2D eigenvalue weighted by Crippen LogP contribution is 2.26. The maximum absolute atomic E-state index is 11.9. The van der Waals surface area contributed by atoms with E-state index in [9.17, 15) is 27.9 Å². The van der Waals surface area contributed by atoms with Crippen LogP contribution < -0.4 is 5.32 Å². The van der Waals surface area contributed by atoms with Crippen molar-refractivity contribution in [2.24, 2.45) is 0 Å². The van der Waals surface area contributed by atoms with E-state index in [4.69, 9.17) is 0 Å². The molecule has 0 aromatic heterocycles. The van der Waals surface area contributed by atoms with Crippen LogP contribution in [0, 0.1) is 0 Å². The van der Waals surface area contributed by atoms with Gasteiger partial charge in [0.05, 0.1) is 6.04 Å². The van der Waals surface area contributed by atoms with E-state index in [1.54, 1.807) is 0 Å². The van der Waals surface area contributed by atoms with Crippen molar-refractivity contribution in [3.63, 3.8) is 0 Å². The van der Waals surface area contributed by atoms with Crippen molar-refractivity contribution in [2.45, 2.75) is 32.0 Å². The van der Waals surface area contributed by atoms with Gasteiger partial charge in [0.2, 0.25) is 0 Å². The second-order valence-corrected chi connectivity index (χ2v) is 3.50. The number of nitrogens with one attached hydrogen (secondary N) is 1. The molecule has 1 unspecified atom stereocenters. The molecule has 1 amide bonds. The molecule has 90 valence electrons. The molecule has 0 aromatic carbocycles. The van der Waals surface area contributed by atoms with Gasteiger partial charge in [0.1, 0.15) is 11.3 Å². The molecule has 7 heteroatoms. The summed E-state index contributed by atoms with van der Waals surface area (Å²) >= 11 is 0. The highest BCUT2D eigenvalue weighted by atomic mass is 19.4. The minimum absolute atomic E-state index is 0.452. The van der Waals surface area contributed by atoms with E-state index in [2.05, 4.69) is 5.32 Å². The van der Waals surface area contributed by atoms with Gasteiger partial charge in [0.25, 0.3) is 5.91 Å². The molecule has 0 saturated carbocycles. The number of alkyl halides is 3. The Hall–Kier alpha value is -1.53. The number of carbonyl (C=O) groups is 2. The third-order valence-corrected chi connectivity index (χ3v) is 2.19. The number of halogens is 3. The fraction of sp³-hybridized carbons (Fsp3) is 0.556. The molecular weight excluding hydrogens is 227 g/mol. The SMILES string of the molecule is CC(=O)C1=C(O)C(CCC(F)(F)F)NC1=O. The number of amides is 1. The molecule has 16 heavy (non-hydrogen) atoms. The van der Waals surface area contributed by atoms with E-state index < -0.39 is 48.1 Å². The molecule has 2 N–H and O–H groups in total. The molecule has 1 aliphatic heterocycles. The Kier molecular flexibility index (Phi) is 3.25. The Morgan fingerprint density at radius 3 is 2.44 bits per heavy atom. The molecular formula is C9H10F3NO3. The van der Waals surface area contributed by atoms with Gasteiger partial charge in [0.15, 0.2) is 5.78 Å². The third kappa shape index (κ3) is 2.74. The third-order valence-electron chi connectivity index (χ3n) is 2.19. The smallest absolute Gasteiger partial charge is 0.389 e. The first-order chi connectivity index (χ1) is 7.22. The molecule has 1 rings (SSSR count). The lowest BCUT2D eigenvalue weighted by Crippen LogP contribution is -2.30. The molecule has 1 heterocycles. The number of hydrogen-bond donors (Lipinski definition) is 2. The number of carbonyl (C=O) groups excluding carboxylic acids is 2. The van der Waals surface area contributed by atoms with Gasteiger partial charge in [-0.15, -0.1) is 0 Å². The van der Waals surface area contributed by atoms with E-state index in [0.717, 1.165) is 6.92 Å². The van der Waals surface area contributed by atoms with Crippen molar-refractivity contribution in [1.82, 2.24) is 5.32 Å². The Morgan fingerprint density at radius 2 is 2.06 bits per heavy atom. The molecule has 0 spiro atoms. The van der Waals surface area contributed by atoms with Crippen molar-refractivity contribution < 1.29 is 27.9 Å². The zero-order valence-corrected chi connectivity index (χ0v) is 8.39. The van der Waals surface area contributed by atoms with Crippen LogP contribution in [0.5, 0.6) is 0 Å². The molecule has 0 fully saturated rings. The summed E-state index contributed by atoms with van der Waals surface area (Å²) in [5.41, 5.74) is -0.452. The minimum atomic E-state index is -4.36.